The van der Waals surface area contributed by atoms with Crippen molar-refractivity contribution in [2.45, 2.75) is 6.54 Å². The van der Waals surface area contributed by atoms with Gasteiger partial charge in [-0.1, -0.05) is 15.9 Å². The van der Waals surface area contributed by atoms with Crippen LogP contribution in [0.5, 0.6) is 0 Å². The molecule has 0 saturated carbocycles. The van der Waals surface area contributed by atoms with Crippen LogP contribution in [0.3, 0.4) is 0 Å². The summed E-state index contributed by atoms with van der Waals surface area (Å²) < 4.78 is 6.97. The number of aromatic nitrogens is 1. The Labute approximate surface area is 143 Å². The minimum absolute atomic E-state index is 0.0608. The second-order valence-electron chi connectivity index (χ2n) is 4.92. The molecule has 0 bridgehead atoms. The van der Waals surface area contributed by atoms with Crippen LogP contribution in [-0.2, 0) is 11.3 Å². The Morgan fingerprint density at radius 2 is 1.96 bits per heavy atom. The van der Waals surface area contributed by atoms with E-state index < -0.39 is 16.6 Å². The van der Waals surface area contributed by atoms with Crippen LogP contribution in [0.1, 0.15) is 0 Å². The predicted molar refractivity (Wildman–Crippen MR) is 89.9 cm³/mol. The number of benzene rings is 2. The second kappa shape index (κ2) is 6.28. The van der Waals surface area contributed by atoms with Crippen molar-refractivity contribution >= 4 is 44.3 Å². The van der Waals surface area contributed by atoms with Crippen LogP contribution in [0, 0.1) is 10.1 Å². The second-order valence-corrected chi connectivity index (χ2v) is 5.83. The van der Waals surface area contributed by atoms with Crippen LogP contribution < -0.4 is 11.1 Å². The average molecular weight is 392 g/mol. The fraction of sp³-hybridized carbons (Fsp3) is 0.0667. The first-order valence-electron chi connectivity index (χ1n) is 6.77. The lowest BCUT2D eigenvalue weighted by Gasteiger charge is -2.05. The van der Waals surface area contributed by atoms with Crippen molar-refractivity contribution in [1.29, 1.82) is 0 Å². The molecule has 1 N–H and O–H groups in total. The number of rotatable bonds is 4. The monoisotopic (exact) mass is 391 g/mol. The highest BCUT2D eigenvalue weighted by molar-refractivity contribution is 9.10. The number of nitrogens with zero attached hydrogens (tertiary/aromatic N) is 2. The number of carbonyl (C=O) groups is 1. The van der Waals surface area contributed by atoms with Crippen molar-refractivity contribution < 1.29 is 14.1 Å². The van der Waals surface area contributed by atoms with Gasteiger partial charge in [0.25, 0.3) is 5.69 Å². The lowest BCUT2D eigenvalue weighted by atomic mass is 10.3. The van der Waals surface area contributed by atoms with Crippen LogP contribution in [0.25, 0.3) is 11.1 Å². The molecule has 0 spiro atoms. The van der Waals surface area contributed by atoms with Gasteiger partial charge in [0.2, 0.25) is 5.91 Å². The van der Waals surface area contributed by atoms with E-state index in [2.05, 4.69) is 21.2 Å². The molecule has 0 saturated heterocycles. The third-order valence-electron chi connectivity index (χ3n) is 3.29. The predicted octanol–water partition coefficient (Wildman–Crippen LogP) is 2.90. The summed E-state index contributed by atoms with van der Waals surface area (Å²) in [6.07, 6.45) is 0. The summed E-state index contributed by atoms with van der Waals surface area (Å²) in [6, 6.07) is 10.7. The lowest BCUT2D eigenvalue weighted by Crippen LogP contribution is -2.24. The molecule has 0 radical (unpaired) electrons. The maximum Gasteiger partial charge on any atom is 0.420 e. The molecule has 1 heterocycles. The van der Waals surface area contributed by atoms with Gasteiger partial charge in [-0.3, -0.25) is 19.5 Å². The van der Waals surface area contributed by atoms with Gasteiger partial charge in [0.1, 0.15) is 6.54 Å². The number of hydrogen-bond donors (Lipinski definition) is 1. The first-order chi connectivity index (χ1) is 11.4. The largest absolute Gasteiger partial charge is 0.420 e. The standard InChI is InChI=1S/C15H10BrN3O5/c16-9-1-3-10(4-2-9)17-14(20)8-18-12-6-5-11(19(22)23)7-13(12)24-15(18)21/h1-7H,8H2,(H,17,20). The molecule has 8 nitrogen and oxygen atoms in total. The third kappa shape index (κ3) is 3.20. The Bertz CT molecular complexity index is 991. The molecular formula is C15H10BrN3O5. The molecule has 0 atom stereocenters. The highest BCUT2D eigenvalue weighted by Crippen LogP contribution is 2.20. The number of nitro benzene ring substituents is 1. The maximum absolute atomic E-state index is 12.1. The normalized spacial score (nSPS) is 10.7. The molecule has 0 aliphatic carbocycles. The summed E-state index contributed by atoms with van der Waals surface area (Å²) in [6.45, 7) is -0.264. The first kappa shape index (κ1) is 15.9. The van der Waals surface area contributed by atoms with E-state index in [4.69, 9.17) is 4.42 Å². The van der Waals surface area contributed by atoms with Gasteiger partial charge in [-0.05, 0) is 30.3 Å². The van der Waals surface area contributed by atoms with Crippen LogP contribution in [0.15, 0.2) is 56.1 Å². The van der Waals surface area contributed by atoms with Crippen molar-refractivity contribution in [3.63, 3.8) is 0 Å². The number of nitrogens with one attached hydrogen (secondary N) is 1. The van der Waals surface area contributed by atoms with Gasteiger partial charge in [0, 0.05) is 16.2 Å². The Hall–Kier alpha value is -2.94. The molecule has 0 aliphatic heterocycles. The van der Waals surface area contributed by atoms with Crippen molar-refractivity contribution in [2.24, 2.45) is 0 Å². The fourth-order valence-corrected chi connectivity index (χ4v) is 2.46. The van der Waals surface area contributed by atoms with E-state index in [-0.39, 0.29) is 17.8 Å². The number of fused-ring (bicyclic) bond motifs is 1. The summed E-state index contributed by atoms with van der Waals surface area (Å²) in [7, 11) is 0. The number of carbonyl (C=O) groups excluding carboxylic acids is 1. The summed E-state index contributed by atoms with van der Waals surface area (Å²) in [5, 5.41) is 13.4. The highest BCUT2D eigenvalue weighted by atomic mass is 79.9. The molecule has 1 aromatic heterocycles. The number of hydrogen-bond acceptors (Lipinski definition) is 5. The summed E-state index contributed by atoms with van der Waals surface area (Å²) >= 11 is 3.29. The van der Waals surface area contributed by atoms with Crippen molar-refractivity contribution in [1.82, 2.24) is 4.57 Å². The number of oxazole rings is 1. The van der Waals surface area contributed by atoms with E-state index >= 15 is 0 Å². The van der Waals surface area contributed by atoms with E-state index in [1.807, 2.05) is 0 Å². The molecule has 0 fully saturated rings. The zero-order valence-corrected chi connectivity index (χ0v) is 13.6. The third-order valence-corrected chi connectivity index (χ3v) is 3.82. The number of nitro groups is 1. The lowest BCUT2D eigenvalue weighted by molar-refractivity contribution is -0.384. The number of anilines is 1. The Morgan fingerprint density at radius 1 is 1.25 bits per heavy atom. The summed E-state index contributed by atoms with van der Waals surface area (Å²) in [4.78, 5) is 34.2. The topological polar surface area (TPSA) is 107 Å². The number of non-ortho nitro benzene ring substituents is 1. The van der Waals surface area contributed by atoms with Gasteiger partial charge in [-0.25, -0.2) is 4.79 Å². The zero-order chi connectivity index (χ0) is 17.3. The first-order valence-corrected chi connectivity index (χ1v) is 7.56. The molecule has 24 heavy (non-hydrogen) atoms. The Kier molecular flexibility index (Phi) is 4.17. The molecule has 2 aromatic carbocycles. The van der Waals surface area contributed by atoms with Crippen molar-refractivity contribution in [3.05, 3.63) is 67.6 Å². The smallest absolute Gasteiger partial charge is 0.407 e. The molecule has 0 unspecified atom stereocenters. The molecule has 3 aromatic rings. The molecular weight excluding hydrogens is 382 g/mol. The molecule has 1 amide bonds. The molecule has 3 rings (SSSR count). The van der Waals surface area contributed by atoms with Crippen molar-refractivity contribution in [2.75, 3.05) is 5.32 Å². The Morgan fingerprint density at radius 3 is 2.62 bits per heavy atom. The van der Waals surface area contributed by atoms with Crippen LogP contribution in [0.2, 0.25) is 0 Å². The van der Waals surface area contributed by atoms with Gasteiger partial charge >= 0.3 is 5.76 Å². The fourth-order valence-electron chi connectivity index (χ4n) is 2.20. The van der Waals surface area contributed by atoms with E-state index in [1.165, 1.54) is 12.1 Å². The van der Waals surface area contributed by atoms with E-state index in [0.29, 0.717) is 11.2 Å². The number of amides is 1. The quantitative estimate of drug-likeness (QED) is 0.543. The van der Waals surface area contributed by atoms with Crippen molar-refractivity contribution in [3.8, 4) is 0 Å². The van der Waals surface area contributed by atoms with E-state index in [1.54, 1.807) is 24.3 Å². The minimum Gasteiger partial charge on any atom is -0.407 e. The van der Waals surface area contributed by atoms with Gasteiger partial charge in [-0.2, -0.15) is 0 Å². The Balaban J connectivity index is 1.85. The van der Waals surface area contributed by atoms with Crippen LogP contribution in [0.4, 0.5) is 11.4 Å². The summed E-state index contributed by atoms with van der Waals surface area (Å²) in [5.41, 5.74) is 0.768. The highest BCUT2D eigenvalue weighted by Gasteiger charge is 2.16. The SMILES string of the molecule is O=C(Cn1c(=O)oc2cc([N+](=O)[O-])ccc21)Nc1ccc(Br)cc1. The maximum atomic E-state index is 12.1. The zero-order valence-electron chi connectivity index (χ0n) is 12.1. The average Bonchev–Trinajstić information content (AvgIpc) is 2.84. The molecule has 9 heteroatoms. The molecule has 122 valence electrons. The van der Waals surface area contributed by atoms with Gasteiger partial charge in [0.05, 0.1) is 16.5 Å². The minimum atomic E-state index is -0.753. The van der Waals surface area contributed by atoms with Gasteiger partial charge in [-0.15, -0.1) is 0 Å². The van der Waals surface area contributed by atoms with Crippen LogP contribution >= 0.6 is 15.9 Å². The van der Waals surface area contributed by atoms with E-state index in [0.717, 1.165) is 15.1 Å². The van der Waals surface area contributed by atoms with Gasteiger partial charge < -0.3 is 9.73 Å². The van der Waals surface area contributed by atoms with E-state index in [9.17, 15) is 19.7 Å². The summed E-state index contributed by atoms with van der Waals surface area (Å²) in [5.74, 6) is -1.17. The molecule has 0 aliphatic rings. The van der Waals surface area contributed by atoms with Gasteiger partial charge in [0.15, 0.2) is 5.58 Å². The van der Waals surface area contributed by atoms with Crippen LogP contribution in [-0.4, -0.2) is 15.4 Å². The number of halogens is 1.